The summed E-state index contributed by atoms with van der Waals surface area (Å²) in [6, 6.07) is 9.09. The predicted octanol–water partition coefficient (Wildman–Crippen LogP) is 4.78. The van der Waals surface area contributed by atoms with E-state index in [1.807, 2.05) is 6.07 Å². The first-order valence-corrected chi connectivity index (χ1v) is 7.19. The van der Waals surface area contributed by atoms with E-state index in [1.165, 1.54) is 36.4 Å². The Kier molecular flexibility index (Phi) is 3.95. The number of phenolic OH excluding ortho intramolecular Hbond substituents is 1. The summed E-state index contributed by atoms with van der Waals surface area (Å²) in [6.07, 6.45) is 1.52. The smallest absolute Gasteiger partial charge is 0.152 e. The van der Waals surface area contributed by atoms with Gasteiger partial charge in [-0.25, -0.2) is 9.37 Å². The van der Waals surface area contributed by atoms with Crippen molar-refractivity contribution >= 4 is 45.9 Å². The van der Waals surface area contributed by atoms with E-state index in [-0.39, 0.29) is 21.4 Å². The van der Waals surface area contributed by atoms with Crippen LogP contribution in [0.4, 0.5) is 4.39 Å². The number of hydrogen-bond acceptors (Lipinski definition) is 3. The van der Waals surface area contributed by atoms with Crippen LogP contribution in [0.15, 0.2) is 30.3 Å². The Morgan fingerprint density at radius 1 is 1.26 bits per heavy atom. The van der Waals surface area contributed by atoms with Gasteiger partial charge in [-0.1, -0.05) is 23.2 Å². The summed E-state index contributed by atoms with van der Waals surface area (Å²) >= 11 is 11.7. The van der Waals surface area contributed by atoms with Crippen molar-refractivity contribution in [3.05, 3.63) is 57.6 Å². The molecule has 0 saturated carbocycles. The Morgan fingerprint density at radius 2 is 1.96 bits per heavy atom. The largest absolute Gasteiger partial charge is 0.505 e. The maximum atomic E-state index is 13.2. The zero-order chi connectivity index (χ0) is 16.6. The molecule has 0 saturated heterocycles. The maximum absolute atomic E-state index is 13.2. The number of aromatic nitrogens is 2. The number of nitriles is 1. The van der Waals surface area contributed by atoms with Gasteiger partial charge in [0.05, 0.1) is 26.7 Å². The minimum absolute atomic E-state index is 0.0766. The van der Waals surface area contributed by atoms with E-state index in [9.17, 15) is 14.8 Å². The lowest BCUT2D eigenvalue weighted by molar-refractivity contribution is 0.476. The molecule has 114 valence electrons. The Labute approximate surface area is 140 Å². The molecule has 0 atom stereocenters. The molecule has 0 spiro atoms. The normalized spacial score (nSPS) is 11.7. The standard InChI is InChI=1S/C16H8Cl2FN3O/c17-11-4-8(5-12(18)15(11)23)3-9(7-20)16-21-13-2-1-10(19)6-14(13)22-16/h1-6,23H,(H,21,22)/b9-3-. The van der Waals surface area contributed by atoms with E-state index in [0.29, 0.717) is 22.4 Å². The van der Waals surface area contributed by atoms with Crippen molar-refractivity contribution in [2.45, 2.75) is 0 Å². The number of allylic oxidation sites excluding steroid dienone is 1. The monoisotopic (exact) mass is 347 g/mol. The first kappa shape index (κ1) is 15.3. The van der Waals surface area contributed by atoms with Crippen molar-refractivity contribution in [1.29, 1.82) is 5.26 Å². The lowest BCUT2D eigenvalue weighted by atomic mass is 10.1. The number of imidazole rings is 1. The summed E-state index contributed by atoms with van der Waals surface area (Å²) in [4.78, 5) is 7.15. The van der Waals surface area contributed by atoms with Crippen molar-refractivity contribution in [3.63, 3.8) is 0 Å². The van der Waals surface area contributed by atoms with Crippen molar-refractivity contribution in [3.8, 4) is 11.8 Å². The molecule has 4 nitrogen and oxygen atoms in total. The number of H-pyrrole nitrogens is 1. The van der Waals surface area contributed by atoms with Gasteiger partial charge in [-0.05, 0) is 42.0 Å². The number of rotatable bonds is 2. The molecular weight excluding hydrogens is 340 g/mol. The molecule has 23 heavy (non-hydrogen) atoms. The third kappa shape index (κ3) is 3.00. The van der Waals surface area contributed by atoms with Crippen molar-refractivity contribution in [1.82, 2.24) is 9.97 Å². The number of hydrogen-bond donors (Lipinski definition) is 2. The van der Waals surface area contributed by atoms with Gasteiger partial charge < -0.3 is 10.1 Å². The van der Waals surface area contributed by atoms with Crippen LogP contribution in [-0.4, -0.2) is 15.1 Å². The number of fused-ring (bicyclic) bond motifs is 1. The average molecular weight is 348 g/mol. The predicted molar refractivity (Wildman–Crippen MR) is 87.7 cm³/mol. The van der Waals surface area contributed by atoms with Gasteiger partial charge in [-0.2, -0.15) is 5.26 Å². The molecule has 2 aromatic carbocycles. The van der Waals surface area contributed by atoms with E-state index in [2.05, 4.69) is 9.97 Å². The van der Waals surface area contributed by atoms with Crippen LogP contribution in [0.1, 0.15) is 11.4 Å². The van der Waals surface area contributed by atoms with Crippen LogP contribution in [-0.2, 0) is 0 Å². The Bertz CT molecular complexity index is 966. The van der Waals surface area contributed by atoms with E-state index in [1.54, 1.807) is 0 Å². The second kappa shape index (κ2) is 5.92. The van der Waals surface area contributed by atoms with Crippen molar-refractivity contribution < 1.29 is 9.50 Å². The lowest BCUT2D eigenvalue weighted by Crippen LogP contribution is -1.85. The number of phenols is 1. The van der Waals surface area contributed by atoms with Crippen LogP contribution < -0.4 is 0 Å². The minimum atomic E-state index is -0.396. The number of aromatic amines is 1. The molecule has 0 aliphatic rings. The Balaban J connectivity index is 2.09. The molecule has 1 aromatic heterocycles. The van der Waals surface area contributed by atoms with Gasteiger partial charge in [-0.3, -0.25) is 0 Å². The number of nitrogens with zero attached hydrogens (tertiary/aromatic N) is 2. The van der Waals surface area contributed by atoms with Gasteiger partial charge in [0.15, 0.2) is 5.75 Å². The highest BCUT2D eigenvalue weighted by molar-refractivity contribution is 6.37. The third-order valence-electron chi connectivity index (χ3n) is 3.17. The molecule has 0 unspecified atom stereocenters. The highest BCUT2D eigenvalue weighted by Crippen LogP contribution is 2.33. The molecule has 2 N–H and O–H groups in total. The highest BCUT2D eigenvalue weighted by Gasteiger charge is 2.10. The van der Waals surface area contributed by atoms with E-state index >= 15 is 0 Å². The number of nitrogens with one attached hydrogen (secondary N) is 1. The van der Waals surface area contributed by atoms with E-state index in [0.717, 1.165) is 0 Å². The first-order chi connectivity index (χ1) is 11.0. The summed E-state index contributed by atoms with van der Waals surface area (Å²) in [5, 5.41) is 19.1. The maximum Gasteiger partial charge on any atom is 0.152 e. The van der Waals surface area contributed by atoms with E-state index < -0.39 is 5.82 Å². The fourth-order valence-electron chi connectivity index (χ4n) is 2.10. The molecule has 0 aliphatic heterocycles. The molecule has 0 fully saturated rings. The summed E-state index contributed by atoms with van der Waals surface area (Å²) in [5.41, 5.74) is 1.78. The van der Waals surface area contributed by atoms with Crippen LogP contribution in [0.2, 0.25) is 10.0 Å². The average Bonchev–Trinajstić information content (AvgIpc) is 2.92. The lowest BCUT2D eigenvalue weighted by Gasteiger charge is -2.02. The highest BCUT2D eigenvalue weighted by atomic mass is 35.5. The van der Waals surface area contributed by atoms with Gasteiger partial charge in [0.25, 0.3) is 0 Å². The molecule has 1 heterocycles. The third-order valence-corrected chi connectivity index (χ3v) is 3.75. The molecule has 0 aliphatic carbocycles. The molecule has 0 radical (unpaired) electrons. The van der Waals surface area contributed by atoms with Crippen molar-refractivity contribution in [2.75, 3.05) is 0 Å². The van der Waals surface area contributed by atoms with Gasteiger partial charge in [0, 0.05) is 0 Å². The molecule has 0 amide bonds. The Hall–Kier alpha value is -2.55. The SMILES string of the molecule is N#C/C(=C/c1cc(Cl)c(O)c(Cl)c1)c1nc2ccc(F)cc2[nH]1. The zero-order valence-corrected chi connectivity index (χ0v) is 13.0. The van der Waals surface area contributed by atoms with E-state index in [4.69, 9.17) is 23.2 Å². The van der Waals surface area contributed by atoms with Crippen LogP contribution in [0.3, 0.4) is 0 Å². The van der Waals surface area contributed by atoms with Gasteiger partial charge >= 0.3 is 0 Å². The zero-order valence-electron chi connectivity index (χ0n) is 11.4. The fourth-order valence-corrected chi connectivity index (χ4v) is 2.60. The minimum Gasteiger partial charge on any atom is -0.505 e. The quantitative estimate of drug-likeness (QED) is 0.655. The van der Waals surface area contributed by atoms with Crippen LogP contribution in [0, 0.1) is 17.1 Å². The van der Waals surface area contributed by atoms with Crippen molar-refractivity contribution in [2.24, 2.45) is 0 Å². The number of aromatic hydroxyl groups is 1. The number of halogens is 3. The molecule has 3 aromatic rings. The number of benzene rings is 2. The second-order valence-electron chi connectivity index (χ2n) is 4.75. The van der Waals surface area contributed by atoms with Gasteiger partial charge in [-0.15, -0.1) is 0 Å². The van der Waals surface area contributed by atoms with Crippen LogP contribution in [0.5, 0.6) is 5.75 Å². The van der Waals surface area contributed by atoms with Crippen LogP contribution in [0.25, 0.3) is 22.7 Å². The van der Waals surface area contributed by atoms with Gasteiger partial charge in [0.1, 0.15) is 17.7 Å². The molecule has 0 bridgehead atoms. The molecule has 3 rings (SSSR count). The van der Waals surface area contributed by atoms with Gasteiger partial charge in [0.2, 0.25) is 0 Å². The fraction of sp³-hybridized carbons (Fsp3) is 0. The Morgan fingerprint density at radius 3 is 2.61 bits per heavy atom. The summed E-state index contributed by atoms with van der Waals surface area (Å²) in [7, 11) is 0. The second-order valence-corrected chi connectivity index (χ2v) is 5.56. The first-order valence-electron chi connectivity index (χ1n) is 6.43. The summed E-state index contributed by atoms with van der Waals surface area (Å²) < 4.78 is 13.2. The summed E-state index contributed by atoms with van der Waals surface area (Å²) in [6.45, 7) is 0. The van der Waals surface area contributed by atoms with Crippen LogP contribution >= 0.6 is 23.2 Å². The molecular formula is C16H8Cl2FN3O. The molecule has 7 heteroatoms. The topological polar surface area (TPSA) is 72.7 Å². The summed E-state index contributed by atoms with van der Waals surface area (Å²) in [5.74, 6) is -0.316.